The zero-order valence-electron chi connectivity index (χ0n) is 16.3. The number of rotatable bonds is 5. The molecule has 154 valence electrons. The largest absolute Gasteiger partial charge is 0.436 e. The smallest absolute Gasteiger partial charge is 0.410 e. The number of piperidine rings is 1. The number of likely N-dealkylation sites (tertiary alicyclic amines) is 1. The molecule has 0 aliphatic carbocycles. The molecule has 0 saturated carbocycles. The Balaban J connectivity index is 1.30. The average Bonchev–Trinajstić information content (AvgIpc) is 3.43. The van der Waals surface area contributed by atoms with Gasteiger partial charge >= 0.3 is 6.09 Å². The Kier molecular flexibility index (Phi) is 5.95. The summed E-state index contributed by atoms with van der Waals surface area (Å²) in [6.45, 7) is 1.46. The maximum Gasteiger partial charge on any atom is 0.410 e. The quantitative estimate of drug-likeness (QED) is 0.615. The minimum atomic E-state index is -0.379. The first-order chi connectivity index (χ1) is 14.6. The second-order valence-electron chi connectivity index (χ2n) is 6.97. The van der Waals surface area contributed by atoms with Crippen molar-refractivity contribution in [2.75, 3.05) is 19.7 Å². The number of nitrogens with one attached hydrogen (secondary N) is 2. The topological polar surface area (TPSA) is 100 Å². The van der Waals surface area contributed by atoms with E-state index in [1.165, 1.54) is 11.3 Å². The van der Waals surface area contributed by atoms with Crippen LogP contribution >= 0.6 is 11.3 Å². The molecule has 1 aliphatic heterocycles. The van der Waals surface area contributed by atoms with Crippen molar-refractivity contribution in [2.45, 2.75) is 25.3 Å². The average molecular weight is 423 g/mol. The normalized spacial score (nSPS) is 14.4. The Bertz CT molecular complexity index is 1060. The molecule has 1 aromatic carbocycles. The van der Waals surface area contributed by atoms with Crippen LogP contribution in [0.15, 0.2) is 29.6 Å². The van der Waals surface area contributed by atoms with E-state index in [0.29, 0.717) is 31.2 Å². The van der Waals surface area contributed by atoms with Crippen LogP contribution in [-0.4, -0.2) is 51.5 Å². The van der Waals surface area contributed by atoms with Gasteiger partial charge in [0.15, 0.2) is 6.61 Å². The van der Waals surface area contributed by atoms with Crippen molar-refractivity contribution in [3.8, 4) is 12.3 Å². The number of nitrogens with zero attached hydrogens (tertiary/aromatic N) is 3. The second kappa shape index (κ2) is 8.97. The Hall–Kier alpha value is -3.38. The minimum Gasteiger partial charge on any atom is -0.436 e. The maximum absolute atomic E-state index is 12.5. The van der Waals surface area contributed by atoms with Crippen LogP contribution in [0.2, 0.25) is 0 Å². The van der Waals surface area contributed by atoms with Gasteiger partial charge in [-0.05, 0) is 25.0 Å². The molecule has 0 spiro atoms. The number of carbonyl (C=O) groups is 2. The third kappa shape index (κ3) is 4.44. The van der Waals surface area contributed by atoms with E-state index in [4.69, 9.17) is 11.2 Å². The number of carbonyl (C=O) groups excluding carboxylic acids is 2. The Morgan fingerprint density at radius 2 is 2.10 bits per heavy atom. The number of amides is 2. The van der Waals surface area contributed by atoms with Gasteiger partial charge in [0.1, 0.15) is 11.5 Å². The number of hydrogen-bond donors (Lipinski definition) is 2. The Morgan fingerprint density at radius 1 is 1.30 bits per heavy atom. The molecule has 1 fully saturated rings. The van der Waals surface area contributed by atoms with Gasteiger partial charge in [-0.1, -0.05) is 18.1 Å². The number of ether oxygens (including phenoxy) is 1. The summed E-state index contributed by atoms with van der Waals surface area (Å²) in [6.07, 6.45) is 6.29. The van der Waals surface area contributed by atoms with Crippen LogP contribution in [0.1, 0.15) is 40.1 Å². The van der Waals surface area contributed by atoms with Gasteiger partial charge in [-0.25, -0.2) is 14.8 Å². The fraction of sp³-hybridized carbons (Fsp3) is 0.333. The lowest BCUT2D eigenvalue weighted by Crippen LogP contribution is -2.38. The second-order valence-corrected chi connectivity index (χ2v) is 7.86. The van der Waals surface area contributed by atoms with E-state index < -0.39 is 0 Å². The van der Waals surface area contributed by atoms with Gasteiger partial charge in [0, 0.05) is 24.4 Å². The molecule has 30 heavy (non-hydrogen) atoms. The summed E-state index contributed by atoms with van der Waals surface area (Å²) in [5.74, 6) is 2.99. The van der Waals surface area contributed by atoms with Crippen molar-refractivity contribution in [3.63, 3.8) is 0 Å². The minimum absolute atomic E-state index is 0.0161. The van der Waals surface area contributed by atoms with E-state index in [-0.39, 0.29) is 24.5 Å². The predicted molar refractivity (Wildman–Crippen MR) is 113 cm³/mol. The van der Waals surface area contributed by atoms with Crippen molar-refractivity contribution in [1.82, 2.24) is 25.2 Å². The van der Waals surface area contributed by atoms with E-state index in [0.717, 1.165) is 28.9 Å². The van der Waals surface area contributed by atoms with E-state index in [2.05, 4.69) is 26.2 Å². The molecule has 8 nitrogen and oxygen atoms in total. The summed E-state index contributed by atoms with van der Waals surface area (Å²) >= 11 is 1.48. The standard InChI is InChI=1S/C21H21N5O3S/c1-2-11-29-21(28)26-9-7-14(8-10-26)20-25-17(13-30-20)19(27)22-12-18-23-15-5-3-4-6-16(15)24-18/h1,3-6,13-14H,7-12H2,(H,22,27)(H,23,24). The third-order valence-electron chi connectivity index (χ3n) is 4.99. The van der Waals surface area contributed by atoms with E-state index in [1.54, 1.807) is 10.3 Å². The molecule has 0 radical (unpaired) electrons. The molecule has 2 aromatic heterocycles. The van der Waals surface area contributed by atoms with E-state index in [1.807, 2.05) is 24.3 Å². The van der Waals surface area contributed by atoms with Crippen molar-refractivity contribution in [3.05, 3.63) is 46.2 Å². The molecular formula is C21H21N5O3S. The van der Waals surface area contributed by atoms with Crippen LogP contribution in [0.4, 0.5) is 4.79 Å². The van der Waals surface area contributed by atoms with Crippen LogP contribution in [-0.2, 0) is 11.3 Å². The maximum atomic E-state index is 12.5. The Morgan fingerprint density at radius 3 is 2.87 bits per heavy atom. The number of imidazole rings is 1. The number of aromatic amines is 1. The lowest BCUT2D eigenvalue weighted by Gasteiger charge is -2.30. The summed E-state index contributed by atoms with van der Waals surface area (Å²) in [5, 5.41) is 5.55. The fourth-order valence-corrected chi connectivity index (χ4v) is 4.40. The molecule has 0 atom stereocenters. The van der Waals surface area contributed by atoms with Gasteiger partial charge in [-0.3, -0.25) is 4.79 Å². The van der Waals surface area contributed by atoms with Crippen molar-refractivity contribution >= 4 is 34.4 Å². The van der Waals surface area contributed by atoms with Crippen molar-refractivity contribution in [2.24, 2.45) is 0 Å². The fourth-order valence-electron chi connectivity index (χ4n) is 3.43. The summed E-state index contributed by atoms with van der Waals surface area (Å²) in [7, 11) is 0. The number of H-pyrrole nitrogens is 1. The highest BCUT2D eigenvalue weighted by atomic mass is 32.1. The molecule has 0 bridgehead atoms. The van der Waals surface area contributed by atoms with Gasteiger partial charge in [-0.15, -0.1) is 17.8 Å². The molecule has 4 rings (SSSR count). The number of aromatic nitrogens is 3. The molecular weight excluding hydrogens is 402 g/mol. The first kappa shape index (κ1) is 19.9. The van der Waals surface area contributed by atoms with Crippen LogP contribution < -0.4 is 5.32 Å². The van der Waals surface area contributed by atoms with Gasteiger partial charge < -0.3 is 19.9 Å². The first-order valence-corrected chi connectivity index (χ1v) is 10.5. The number of terminal acetylenes is 1. The van der Waals surface area contributed by atoms with E-state index >= 15 is 0 Å². The van der Waals surface area contributed by atoms with Crippen LogP contribution in [0.25, 0.3) is 11.0 Å². The monoisotopic (exact) mass is 423 g/mol. The van der Waals surface area contributed by atoms with Gasteiger partial charge in [-0.2, -0.15) is 0 Å². The van der Waals surface area contributed by atoms with Crippen LogP contribution in [0.3, 0.4) is 0 Å². The SMILES string of the molecule is C#CCOC(=O)N1CCC(c2nc(C(=O)NCc3nc4ccccc4[nH]3)cs2)CC1. The summed E-state index contributed by atoms with van der Waals surface area (Å²) in [6, 6.07) is 7.72. The summed E-state index contributed by atoms with van der Waals surface area (Å²) in [5.41, 5.74) is 2.21. The van der Waals surface area contributed by atoms with Crippen LogP contribution in [0.5, 0.6) is 0 Å². The molecule has 9 heteroatoms. The Labute approximate surface area is 177 Å². The number of fused-ring (bicyclic) bond motifs is 1. The molecule has 3 aromatic rings. The van der Waals surface area contributed by atoms with Gasteiger partial charge in [0.25, 0.3) is 5.91 Å². The van der Waals surface area contributed by atoms with Crippen LogP contribution in [0, 0.1) is 12.3 Å². The molecule has 1 saturated heterocycles. The predicted octanol–water partition coefficient (Wildman–Crippen LogP) is 2.90. The highest BCUT2D eigenvalue weighted by Crippen LogP contribution is 2.30. The summed E-state index contributed by atoms with van der Waals surface area (Å²) in [4.78, 5) is 38.2. The number of benzene rings is 1. The third-order valence-corrected chi connectivity index (χ3v) is 6.00. The first-order valence-electron chi connectivity index (χ1n) is 9.66. The lowest BCUT2D eigenvalue weighted by molar-refractivity contribution is 0.0945. The van der Waals surface area contributed by atoms with Gasteiger partial charge in [0.05, 0.1) is 22.6 Å². The lowest BCUT2D eigenvalue weighted by atomic mass is 9.98. The zero-order chi connectivity index (χ0) is 20.9. The summed E-state index contributed by atoms with van der Waals surface area (Å²) < 4.78 is 4.97. The van der Waals surface area contributed by atoms with Crippen molar-refractivity contribution < 1.29 is 14.3 Å². The molecule has 0 unspecified atom stereocenters. The van der Waals surface area contributed by atoms with E-state index in [9.17, 15) is 9.59 Å². The molecule has 2 N–H and O–H groups in total. The zero-order valence-corrected chi connectivity index (χ0v) is 17.1. The number of hydrogen-bond acceptors (Lipinski definition) is 6. The highest BCUT2D eigenvalue weighted by Gasteiger charge is 2.27. The molecule has 2 amide bonds. The molecule has 1 aliphatic rings. The number of thiazole rings is 1. The molecule has 3 heterocycles. The highest BCUT2D eigenvalue weighted by molar-refractivity contribution is 7.09. The number of para-hydroxylation sites is 2. The van der Waals surface area contributed by atoms with Crippen molar-refractivity contribution in [1.29, 1.82) is 0 Å². The van der Waals surface area contributed by atoms with Gasteiger partial charge in [0.2, 0.25) is 0 Å².